The van der Waals surface area contributed by atoms with Gasteiger partial charge in [-0.25, -0.2) is 0 Å². The van der Waals surface area contributed by atoms with E-state index in [0.29, 0.717) is 36.1 Å². The van der Waals surface area contributed by atoms with E-state index in [9.17, 15) is 14.7 Å². The normalized spacial score (nSPS) is 22.8. The van der Waals surface area contributed by atoms with E-state index in [4.69, 9.17) is 21.1 Å². The van der Waals surface area contributed by atoms with Gasteiger partial charge in [-0.1, -0.05) is 23.7 Å². The minimum Gasteiger partial charge on any atom is -0.507 e. The van der Waals surface area contributed by atoms with Gasteiger partial charge in [0.25, 0.3) is 11.7 Å². The number of ether oxygens (including phenoxy) is 2. The van der Waals surface area contributed by atoms with E-state index in [1.807, 2.05) is 19.1 Å². The highest BCUT2D eigenvalue weighted by molar-refractivity contribution is 6.46. The molecule has 0 radical (unpaired) electrons. The quantitative estimate of drug-likeness (QED) is 0.410. The number of nitrogens with zero attached hydrogens (tertiary/aromatic N) is 1. The molecule has 2 saturated heterocycles. The van der Waals surface area contributed by atoms with Crippen LogP contribution in [0.15, 0.2) is 54.1 Å². The van der Waals surface area contributed by atoms with Crippen molar-refractivity contribution in [2.75, 3.05) is 19.8 Å². The molecule has 0 spiro atoms. The van der Waals surface area contributed by atoms with Gasteiger partial charge in [-0.3, -0.25) is 9.59 Å². The van der Waals surface area contributed by atoms with E-state index < -0.39 is 17.7 Å². The first-order valence-electron chi connectivity index (χ1n) is 10.4. The number of carbonyl (C=O) groups excluding carboxylic acids is 2. The van der Waals surface area contributed by atoms with Crippen LogP contribution in [0.25, 0.3) is 5.76 Å². The van der Waals surface area contributed by atoms with E-state index >= 15 is 0 Å². The highest BCUT2D eigenvalue weighted by Crippen LogP contribution is 2.40. The Morgan fingerprint density at radius 2 is 1.87 bits per heavy atom. The average molecular weight is 442 g/mol. The summed E-state index contributed by atoms with van der Waals surface area (Å²) in [5.41, 5.74) is 1.21. The molecule has 2 heterocycles. The second kappa shape index (κ2) is 9.12. The van der Waals surface area contributed by atoms with Crippen molar-refractivity contribution in [1.29, 1.82) is 0 Å². The lowest BCUT2D eigenvalue weighted by Crippen LogP contribution is -2.36. The molecule has 0 aromatic heterocycles. The summed E-state index contributed by atoms with van der Waals surface area (Å²) in [5.74, 6) is -0.863. The number of hydrogen-bond donors (Lipinski definition) is 1. The Morgan fingerprint density at radius 1 is 1.16 bits per heavy atom. The fourth-order valence-electron chi connectivity index (χ4n) is 4.10. The molecule has 2 aromatic rings. The highest BCUT2D eigenvalue weighted by Gasteiger charge is 2.47. The Labute approximate surface area is 186 Å². The molecule has 1 amide bonds. The maximum absolute atomic E-state index is 13.0. The summed E-state index contributed by atoms with van der Waals surface area (Å²) in [6.07, 6.45) is 1.63. The number of halogens is 1. The van der Waals surface area contributed by atoms with E-state index in [1.165, 1.54) is 4.90 Å². The van der Waals surface area contributed by atoms with Crippen LogP contribution in [0.2, 0.25) is 5.02 Å². The molecule has 1 N–H and O–H groups in total. The van der Waals surface area contributed by atoms with Gasteiger partial charge in [-0.05, 0) is 61.7 Å². The zero-order valence-electron chi connectivity index (χ0n) is 17.2. The van der Waals surface area contributed by atoms with Crippen LogP contribution in [0.4, 0.5) is 0 Å². The van der Waals surface area contributed by atoms with E-state index in [0.717, 1.165) is 18.4 Å². The van der Waals surface area contributed by atoms with Crippen molar-refractivity contribution in [3.8, 4) is 5.75 Å². The molecule has 2 aromatic carbocycles. The van der Waals surface area contributed by atoms with Crippen molar-refractivity contribution in [2.24, 2.45) is 0 Å². The molecule has 2 fully saturated rings. The smallest absolute Gasteiger partial charge is 0.295 e. The Kier molecular flexibility index (Phi) is 6.30. The van der Waals surface area contributed by atoms with Gasteiger partial charge < -0.3 is 19.5 Å². The first-order chi connectivity index (χ1) is 15.0. The van der Waals surface area contributed by atoms with Crippen molar-refractivity contribution >= 4 is 29.1 Å². The number of amides is 1. The molecule has 162 valence electrons. The third-order valence-electron chi connectivity index (χ3n) is 5.59. The first kappa shape index (κ1) is 21.4. The summed E-state index contributed by atoms with van der Waals surface area (Å²) in [6, 6.07) is 13.0. The number of Topliss-reactive ketones (excluding diaryl/α,β-unsaturated/α-hetero) is 1. The fourth-order valence-corrected chi connectivity index (χ4v) is 4.22. The number of ketones is 1. The summed E-state index contributed by atoms with van der Waals surface area (Å²) in [4.78, 5) is 27.5. The van der Waals surface area contributed by atoms with Crippen molar-refractivity contribution < 1.29 is 24.2 Å². The van der Waals surface area contributed by atoms with Gasteiger partial charge >= 0.3 is 0 Å². The largest absolute Gasteiger partial charge is 0.507 e. The van der Waals surface area contributed by atoms with Crippen molar-refractivity contribution in [3.05, 3.63) is 70.3 Å². The maximum Gasteiger partial charge on any atom is 0.295 e. The number of aliphatic hydroxyl groups is 1. The van der Waals surface area contributed by atoms with Crippen LogP contribution < -0.4 is 4.74 Å². The standard InChI is InChI=1S/C24H24ClNO5/c1-2-30-18-11-7-15(8-12-18)21-20(22(27)16-5-9-17(25)10-6-16)23(28)24(29)26(21)14-19-4-3-13-31-19/h5-12,19,21,27H,2-4,13-14H2,1H3/b22-20+. The number of rotatable bonds is 6. The van der Waals surface area contributed by atoms with Crippen LogP contribution in [-0.2, 0) is 14.3 Å². The Hall–Kier alpha value is -2.83. The lowest BCUT2D eigenvalue weighted by molar-refractivity contribution is -0.140. The molecule has 0 saturated carbocycles. The minimum absolute atomic E-state index is 0.0643. The van der Waals surface area contributed by atoms with Crippen LogP contribution in [-0.4, -0.2) is 47.6 Å². The van der Waals surface area contributed by atoms with Gasteiger partial charge in [0, 0.05) is 23.7 Å². The average Bonchev–Trinajstić information content (AvgIpc) is 3.37. The van der Waals surface area contributed by atoms with Crippen molar-refractivity contribution in [3.63, 3.8) is 0 Å². The van der Waals surface area contributed by atoms with Gasteiger partial charge in [0.05, 0.1) is 24.3 Å². The van der Waals surface area contributed by atoms with Crippen LogP contribution in [0.5, 0.6) is 5.75 Å². The van der Waals surface area contributed by atoms with Gasteiger partial charge in [0.1, 0.15) is 11.5 Å². The molecule has 0 aliphatic carbocycles. The fraction of sp³-hybridized carbons (Fsp3) is 0.333. The third-order valence-corrected chi connectivity index (χ3v) is 5.84. The van der Waals surface area contributed by atoms with Crippen molar-refractivity contribution in [2.45, 2.75) is 31.9 Å². The molecule has 4 rings (SSSR count). The zero-order chi connectivity index (χ0) is 22.0. The Balaban J connectivity index is 1.78. The molecule has 2 aliphatic heterocycles. The maximum atomic E-state index is 13.0. The SMILES string of the molecule is CCOc1ccc(C2/C(=C(\O)c3ccc(Cl)cc3)C(=O)C(=O)N2CC2CCCO2)cc1. The van der Waals surface area contributed by atoms with E-state index in [1.54, 1.807) is 36.4 Å². The van der Waals surface area contributed by atoms with Crippen LogP contribution in [0.3, 0.4) is 0 Å². The Morgan fingerprint density at radius 3 is 2.48 bits per heavy atom. The predicted octanol–water partition coefficient (Wildman–Crippen LogP) is 4.34. The lowest BCUT2D eigenvalue weighted by Gasteiger charge is -2.27. The van der Waals surface area contributed by atoms with E-state index in [2.05, 4.69) is 0 Å². The minimum atomic E-state index is -0.712. The van der Waals surface area contributed by atoms with Crippen molar-refractivity contribution in [1.82, 2.24) is 4.90 Å². The number of carbonyl (C=O) groups is 2. The van der Waals surface area contributed by atoms with Gasteiger partial charge in [-0.15, -0.1) is 0 Å². The zero-order valence-corrected chi connectivity index (χ0v) is 18.0. The summed E-state index contributed by atoms with van der Waals surface area (Å²) < 4.78 is 11.2. The number of hydrogen-bond acceptors (Lipinski definition) is 5. The number of likely N-dealkylation sites (tertiary alicyclic amines) is 1. The highest BCUT2D eigenvalue weighted by atomic mass is 35.5. The lowest BCUT2D eigenvalue weighted by atomic mass is 9.95. The summed E-state index contributed by atoms with van der Waals surface area (Å²) in [6.45, 7) is 3.37. The second-order valence-corrected chi connectivity index (χ2v) is 8.03. The van der Waals surface area contributed by atoms with Gasteiger partial charge in [0.15, 0.2) is 0 Å². The monoisotopic (exact) mass is 441 g/mol. The summed E-state index contributed by atoms with van der Waals surface area (Å²) in [7, 11) is 0. The third kappa shape index (κ3) is 4.31. The number of aliphatic hydroxyl groups excluding tert-OH is 1. The van der Waals surface area contributed by atoms with Crippen LogP contribution in [0, 0.1) is 0 Å². The van der Waals surface area contributed by atoms with Gasteiger partial charge in [-0.2, -0.15) is 0 Å². The number of benzene rings is 2. The molecule has 31 heavy (non-hydrogen) atoms. The van der Waals surface area contributed by atoms with Crippen LogP contribution >= 0.6 is 11.6 Å². The van der Waals surface area contributed by atoms with E-state index in [-0.39, 0.29) is 17.4 Å². The molecule has 2 aliphatic rings. The summed E-state index contributed by atoms with van der Waals surface area (Å²) >= 11 is 5.96. The molecule has 0 bridgehead atoms. The molecular formula is C24H24ClNO5. The molecule has 7 heteroatoms. The predicted molar refractivity (Wildman–Crippen MR) is 117 cm³/mol. The topological polar surface area (TPSA) is 76.1 Å². The van der Waals surface area contributed by atoms with Crippen LogP contribution in [0.1, 0.15) is 36.9 Å². The summed E-state index contributed by atoms with van der Waals surface area (Å²) in [5, 5.41) is 11.5. The molecule has 2 atom stereocenters. The second-order valence-electron chi connectivity index (χ2n) is 7.60. The Bertz CT molecular complexity index is 994. The molecular weight excluding hydrogens is 418 g/mol. The molecule has 2 unspecified atom stereocenters. The molecule has 6 nitrogen and oxygen atoms in total. The van der Waals surface area contributed by atoms with Gasteiger partial charge in [0.2, 0.25) is 0 Å². The first-order valence-corrected chi connectivity index (χ1v) is 10.8.